The van der Waals surface area contributed by atoms with Gasteiger partial charge in [-0.3, -0.25) is 14.5 Å². The van der Waals surface area contributed by atoms with E-state index in [0.29, 0.717) is 31.7 Å². The minimum Gasteiger partial charge on any atom is -0.379 e. The number of benzene rings is 2. The van der Waals surface area contributed by atoms with E-state index in [1.54, 1.807) is 18.3 Å². The molecule has 1 fully saturated rings. The van der Waals surface area contributed by atoms with E-state index in [1.165, 1.54) is 0 Å². The predicted octanol–water partition coefficient (Wildman–Crippen LogP) is 2.44. The minimum absolute atomic E-state index is 0.0710. The maximum absolute atomic E-state index is 12.8. The molecule has 7 nitrogen and oxygen atoms in total. The van der Waals surface area contributed by atoms with Crippen molar-refractivity contribution in [3.05, 3.63) is 71.8 Å². The molecule has 0 aromatic heterocycles. The Hall–Kier alpha value is -3.03. The molecule has 0 unspecified atom stereocenters. The Bertz CT molecular complexity index is 836. The molecule has 2 aromatic carbocycles. The van der Waals surface area contributed by atoms with Crippen molar-refractivity contribution in [3.63, 3.8) is 0 Å². The van der Waals surface area contributed by atoms with Crippen LogP contribution in [0.5, 0.6) is 0 Å². The van der Waals surface area contributed by atoms with Crippen LogP contribution in [-0.2, 0) is 9.53 Å². The van der Waals surface area contributed by atoms with Crippen molar-refractivity contribution in [2.24, 2.45) is 5.10 Å². The third-order valence-electron chi connectivity index (χ3n) is 5.20. The van der Waals surface area contributed by atoms with Gasteiger partial charge in [0.15, 0.2) is 0 Å². The van der Waals surface area contributed by atoms with Crippen LogP contribution >= 0.6 is 0 Å². The molecule has 0 radical (unpaired) electrons. The van der Waals surface area contributed by atoms with Crippen LogP contribution in [-0.4, -0.2) is 61.8 Å². The Morgan fingerprint density at radius 3 is 2.39 bits per heavy atom. The summed E-state index contributed by atoms with van der Waals surface area (Å²) in [7, 11) is 0. The van der Waals surface area contributed by atoms with Gasteiger partial charge < -0.3 is 10.1 Å². The zero-order valence-corrected chi connectivity index (χ0v) is 17.7. The first kappa shape index (κ1) is 22.7. The highest BCUT2D eigenvalue weighted by Crippen LogP contribution is 2.12. The average Bonchev–Trinajstić information content (AvgIpc) is 2.83. The summed E-state index contributed by atoms with van der Waals surface area (Å²) < 4.78 is 5.43. The third kappa shape index (κ3) is 7.62. The van der Waals surface area contributed by atoms with Gasteiger partial charge in [0.25, 0.3) is 11.8 Å². The lowest BCUT2D eigenvalue weighted by atomic mass is 10.1. The van der Waals surface area contributed by atoms with E-state index in [0.717, 1.165) is 31.5 Å². The van der Waals surface area contributed by atoms with E-state index in [9.17, 15) is 9.59 Å². The largest absolute Gasteiger partial charge is 0.379 e. The van der Waals surface area contributed by atoms with E-state index in [-0.39, 0.29) is 17.9 Å². The molecule has 1 aliphatic rings. The molecule has 0 aliphatic carbocycles. The van der Waals surface area contributed by atoms with Crippen LogP contribution in [0.1, 0.15) is 35.2 Å². The number of carbonyl (C=O) groups is 2. The summed E-state index contributed by atoms with van der Waals surface area (Å²) in [6, 6.07) is 18.6. The smallest absolute Gasteiger partial charge is 0.257 e. The summed E-state index contributed by atoms with van der Waals surface area (Å²) in [6.07, 6.45) is 3.98. The molecule has 2 amide bonds. The fraction of sp³-hybridized carbons (Fsp3) is 0.375. The maximum Gasteiger partial charge on any atom is 0.257 e. The number of rotatable bonds is 10. The Morgan fingerprint density at radius 1 is 1.00 bits per heavy atom. The zero-order chi connectivity index (χ0) is 21.7. The van der Waals surface area contributed by atoms with Crippen molar-refractivity contribution >= 4 is 18.0 Å². The summed E-state index contributed by atoms with van der Waals surface area (Å²) in [4.78, 5) is 27.1. The van der Waals surface area contributed by atoms with Crippen molar-refractivity contribution in [1.29, 1.82) is 0 Å². The monoisotopic (exact) mass is 422 g/mol. The van der Waals surface area contributed by atoms with Gasteiger partial charge in [0.2, 0.25) is 0 Å². The molecule has 0 saturated carbocycles. The Balaban J connectivity index is 1.46. The van der Waals surface area contributed by atoms with Gasteiger partial charge in [-0.25, -0.2) is 5.43 Å². The van der Waals surface area contributed by atoms with Crippen molar-refractivity contribution in [1.82, 2.24) is 15.6 Å². The lowest BCUT2D eigenvalue weighted by molar-refractivity contribution is -0.128. The zero-order valence-electron chi connectivity index (χ0n) is 17.7. The number of amides is 2. The molecular formula is C24H30N4O3. The standard InChI is InChI=1S/C24H30N4O3/c29-23(21-11-5-2-6-12-21)25-14-8-7-13-22(28-15-17-31-18-16-28)24(30)27-26-19-20-9-3-1-4-10-20/h1-6,9-12,19,22H,7-8,13-18H2,(H,25,29)(H,27,30)/b26-19+/t22-/m1/s1. The lowest BCUT2D eigenvalue weighted by Crippen LogP contribution is -2.50. The molecule has 2 aromatic rings. The molecule has 31 heavy (non-hydrogen) atoms. The normalized spacial score (nSPS) is 15.5. The van der Waals surface area contributed by atoms with Gasteiger partial charge >= 0.3 is 0 Å². The van der Waals surface area contributed by atoms with Gasteiger partial charge in [-0.15, -0.1) is 0 Å². The van der Waals surface area contributed by atoms with Crippen molar-refractivity contribution in [2.75, 3.05) is 32.8 Å². The lowest BCUT2D eigenvalue weighted by Gasteiger charge is -2.33. The molecule has 1 aliphatic heterocycles. The number of unbranched alkanes of at least 4 members (excludes halogenated alkanes) is 1. The fourth-order valence-corrected chi connectivity index (χ4v) is 3.51. The Kier molecular flexibility index (Phi) is 9.22. The number of hydrogen-bond donors (Lipinski definition) is 2. The molecule has 1 saturated heterocycles. The first-order chi connectivity index (χ1) is 15.2. The van der Waals surface area contributed by atoms with Crippen LogP contribution in [0.4, 0.5) is 0 Å². The molecule has 0 bridgehead atoms. The highest BCUT2D eigenvalue weighted by atomic mass is 16.5. The number of nitrogens with one attached hydrogen (secondary N) is 2. The van der Waals surface area contributed by atoms with Gasteiger partial charge in [0.1, 0.15) is 0 Å². The molecule has 7 heteroatoms. The van der Waals surface area contributed by atoms with Gasteiger partial charge in [0, 0.05) is 25.2 Å². The van der Waals surface area contributed by atoms with Crippen LogP contribution in [0, 0.1) is 0 Å². The highest BCUT2D eigenvalue weighted by Gasteiger charge is 2.26. The number of ether oxygens (including phenoxy) is 1. The fourth-order valence-electron chi connectivity index (χ4n) is 3.51. The average molecular weight is 423 g/mol. The predicted molar refractivity (Wildman–Crippen MR) is 121 cm³/mol. The molecular weight excluding hydrogens is 392 g/mol. The molecule has 0 spiro atoms. The Labute approximate surface area is 183 Å². The van der Waals surface area contributed by atoms with Crippen LogP contribution in [0.3, 0.4) is 0 Å². The molecule has 164 valence electrons. The van der Waals surface area contributed by atoms with Crippen LogP contribution < -0.4 is 10.7 Å². The SMILES string of the molecule is O=C(NCCCC[C@H](C(=O)N/N=C/c1ccccc1)N1CCOCC1)c1ccccc1. The van der Waals surface area contributed by atoms with Gasteiger partial charge in [-0.2, -0.15) is 5.10 Å². The summed E-state index contributed by atoms with van der Waals surface area (Å²) >= 11 is 0. The quantitative estimate of drug-likeness (QED) is 0.350. The second-order valence-corrected chi connectivity index (χ2v) is 7.43. The third-order valence-corrected chi connectivity index (χ3v) is 5.20. The van der Waals surface area contributed by atoms with Crippen molar-refractivity contribution in [3.8, 4) is 0 Å². The molecule has 2 N–H and O–H groups in total. The van der Waals surface area contributed by atoms with E-state index in [4.69, 9.17) is 4.74 Å². The van der Waals surface area contributed by atoms with E-state index < -0.39 is 0 Å². The van der Waals surface area contributed by atoms with Crippen molar-refractivity contribution < 1.29 is 14.3 Å². The van der Waals surface area contributed by atoms with E-state index in [2.05, 4.69) is 20.7 Å². The minimum atomic E-state index is -0.262. The molecule has 1 heterocycles. The van der Waals surface area contributed by atoms with Crippen LogP contribution in [0.2, 0.25) is 0 Å². The summed E-state index contributed by atoms with van der Waals surface area (Å²) in [5.74, 6) is -0.180. The topological polar surface area (TPSA) is 83.0 Å². The summed E-state index contributed by atoms with van der Waals surface area (Å²) in [6.45, 7) is 3.29. The van der Waals surface area contributed by atoms with Gasteiger partial charge in [0.05, 0.1) is 25.5 Å². The first-order valence-corrected chi connectivity index (χ1v) is 10.8. The second-order valence-electron chi connectivity index (χ2n) is 7.43. The van der Waals surface area contributed by atoms with Crippen LogP contribution in [0.25, 0.3) is 0 Å². The maximum atomic E-state index is 12.8. The summed E-state index contributed by atoms with van der Waals surface area (Å²) in [5, 5.41) is 7.06. The summed E-state index contributed by atoms with van der Waals surface area (Å²) in [5.41, 5.74) is 4.27. The van der Waals surface area contributed by atoms with Gasteiger partial charge in [-0.1, -0.05) is 48.5 Å². The van der Waals surface area contributed by atoms with Gasteiger partial charge in [-0.05, 0) is 37.0 Å². The number of hydrazone groups is 1. The number of nitrogens with zero attached hydrogens (tertiary/aromatic N) is 2. The Morgan fingerprint density at radius 2 is 1.68 bits per heavy atom. The highest BCUT2D eigenvalue weighted by molar-refractivity contribution is 5.94. The van der Waals surface area contributed by atoms with Crippen molar-refractivity contribution in [2.45, 2.75) is 25.3 Å². The number of morpholine rings is 1. The number of hydrogen-bond acceptors (Lipinski definition) is 5. The molecule has 1 atom stereocenters. The second kappa shape index (κ2) is 12.6. The van der Waals surface area contributed by atoms with E-state index >= 15 is 0 Å². The first-order valence-electron chi connectivity index (χ1n) is 10.8. The van der Waals surface area contributed by atoms with E-state index in [1.807, 2.05) is 48.5 Å². The molecule has 3 rings (SSSR count). The number of carbonyl (C=O) groups excluding carboxylic acids is 2. The van der Waals surface area contributed by atoms with Crippen LogP contribution in [0.15, 0.2) is 65.8 Å².